The molecule has 0 spiro atoms. The normalized spacial score (nSPS) is 25.8. The van der Waals surface area contributed by atoms with Crippen molar-refractivity contribution >= 4 is 11.3 Å². The molecule has 1 fully saturated rings. The minimum absolute atomic E-state index is 0.417. The Bertz CT molecular complexity index is 286. The monoisotopic (exact) mass is 239 g/mol. The summed E-state index contributed by atoms with van der Waals surface area (Å²) in [6.07, 6.45) is 6.21. The van der Waals surface area contributed by atoms with Gasteiger partial charge in [0.25, 0.3) is 0 Å². The van der Waals surface area contributed by atoms with Crippen molar-refractivity contribution in [1.82, 2.24) is 10.3 Å². The standard InChI is InChI=1S/C12H21N3S/c13-12-4-2-1-3-10(12)7-14-6-5-11-8-16-9-15-11/h8-10,12,14H,1-7,13H2. The lowest BCUT2D eigenvalue weighted by Gasteiger charge is -2.28. The predicted molar refractivity (Wildman–Crippen MR) is 68.6 cm³/mol. The van der Waals surface area contributed by atoms with Crippen molar-refractivity contribution < 1.29 is 0 Å². The number of rotatable bonds is 5. The first-order valence-corrected chi connectivity index (χ1v) is 7.14. The average molecular weight is 239 g/mol. The molecule has 1 heterocycles. The lowest BCUT2D eigenvalue weighted by molar-refractivity contribution is 0.297. The Morgan fingerprint density at radius 1 is 1.44 bits per heavy atom. The third-order valence-corrected chi connectivity index (χ3v) is 4.05. The summed E-state index contributed by atoms with van der Waals surface area (Å²) in [7, 11) is 0. The molecule has 3 N–H and O–H groups in total. The van der Waals surface area contributed by atoms with Gasteiger partial charge in [0.15, 0.2) is 0 Å². The second-order valence-electron chi connectivity index (χ2n) is 4.64. The number of nitrogens with one attached hydrogen (secondary N) is 1. The smallest absolute Gasteiger partial charge is 0.0794 e. The zero-order chi connectivity index (χ0) is 11.2. The van der Waals surface area contributed by atoms with Crippen molar-refractivity contribution in [2.45, 2.75) is 38.1 Å². The van der Waals surface area contributed by atoms with E-state index in [1.807, 2.05) is 5.51 Å². The molecule has 0 aliphatic heterocycles. The summed E-state index contributed by atoms with van der Waals surface area (Å²) < 4.78 is 0. The Morgan fingerprint density at radius 3 is 3.06 bits per heavy atom. The van der Waals surface area contributed by atoms with Crippen LogP contribution in [0.1, 0.15) is 31.4 Å². The van der Waals surface area contributed by atoms with Gasteiger partial charge in [-0.15, -0.1) is 11.3 Å². The Morgan fingerprint density at radius 2 is 2.31 bits per heavy atom. The van der Waals surface area contributed by atoms with Gasteiger partial charge in [-0.3, -0.25) is 0 Å². The van der Waals surface area contributed by atoms with Gasteiger partial charge in [0, 0.05) is 24.4 Å². The molecule has 0 radical (unpaired) electrons. The molecule has 1 saturated carbocycles. The highest BCUT2D eigenvalue weighted by Gasteiger charge is 2.20. The molecule has 2 unspecified atom stereocenters. The van der Waals surface area contributed by atoms with Gasteiger partial charge >= 0.3 is 0 Å². The maximum Gasteiger partial charge on any atom is 0.0794 e. The van der Waals surface area contributed by atoms with Crippen molar-refractivity contribution in [3.8, 4) is 0 Å². The zero-order valence-corrected chi connectivity index (χ0v) is 10.5. The van der Waals surface area contributed by atoms with Crippen LogP contribution in [0.25, 0.3) is 0 Å². The summed E-state index contributed by atoms with van der Waals surface area (Å²) in [5.74, 6) is 0.684. The van der Waals surface area contributed by atoms with E-state index in [1.54, 1.807) is 11.3 Å². The van der Waals surface area contributed by atoms with Gasteiger partial charge < -0.3 is 11.1 Å². The molecule has 0 bridgehead atoms. The van der Waals surface area contributed by atoms with Crippen LogP contribution in [-0.2, 0) is 6.42 Å². The van der Waals surface area contributed by atoms with Gasteiger partial charge in [-0.2, -0.15) is 0 Å². The Balaban J connectivity index is 1.60. The van der Waals surface area contributed by atoms with E-state index < -0.39 is 0 Å². The van der Waals surface area contributed by atoms with E-state index in [0.717, 1.165) is 19.5 Å². The molecular formula is C12H21N3S. The van der Waals surface area contributed by atoms with Crippen molar-refractivity contribution in [3.63, 3.8) is 0 Å². The van der Waals surface area contributed by atoms with Gasteiger partial charge in [-0.05, 0) is 25.3 Å². The molecule has 2 atom stereocenters. The highest BCUT2D eigenvalue weighted by Crippen LogP contribution is 2.22. The van der Waals surface area contributed by atoms with Crippen LogP contribution < -0.4 is 11.1 Å². The van der Waals surface area contributed by atoms with E-state index in [4.69, 9.17) is 5.73 Å². The predicted octanol–water partition coefficient (Wildman–Crippen LogP) is 1.79. The second kappa shape index (κ2) is 6.33. The first kappa shape index (κ1) is 12.0. The van der Waals surface area contributed by atoms with E-state index in [-0.39, 0.29) is 0 Å². The molecule has 16 heavy (non-hydrogen) atoms. The molecule has 1 aromatic heterocycles. The second-order valence-corrected chi connectivity index (χ2v) is 5.36. The van der Waals surface area contributed by atoms with Crippen LogP contribution in [-0.4, -0.2) is 24.1 Å². The Kier molecular flexibility index (Phi) is 4.75. The third kappa shape index (κ3) is 3.54. The maximum absolute atomic E-state index is 6.11. The number of thiazole rings is 1. The topological polar surface area (TPSA) is 50.9 Å². The fourth-order valence-corrected chi connectivity index (χ4v) is 2.95. The van der Waals surface area contributed by atoms with E-state index in [9.17, 15) is 0 Å². The SMILES string of the molecule is NC1CCCCC1CNCCc1cscn1. The van der Waals surface area contributed by atoms with E-state index >= 15 is 0 Å². The number of aromatic nitrogens is 1. The number of hydrogen-bond donors (Lipinski definition) is 2. The van der Waals surface area contributed by atoms with Crippen LogP contribution in [0.15, 0.2) is 10.9 Å². The minimum Gasteiger partial charge on any atom is -0.327 e. The van der Waals surface area contributed by atoms with Crippen LogP contribution in [0.5, 0.6) is 0 Å². The molecule has 0 amide bonds. The van der Waals surface area contributed by atoms with Gasteiger partial charge in [0.2, 0.25) is 0 Å². The molecular weight excluding hydrogens is 218 g/mol. The summed E-state index contributed by atoms with van der Waals surface area (Å²) in [6, 6.07) is 0.417. The van der Waals surface area contributed by atoms with Crippen molar-refractivity contribution in [1.29, 1.82) is 0 Å². The summed E-state index contributed by atoms with van der Waals surface area (Å²) in [4.78, 5) is 4.27. The first-order valence-electron chi connectivity index (χ1n) is 6.19. The molecule has 4 heteroatoms. The van der Waals surface area contributed by atoms with Crippen LogP contribution in [0, 0.1) is 5.92 Å². The highest BCUT2D eigenvalue weighted by molar-refractivity contribution is 7.07. The summed E-state index contributed by atoms with van der Waals surface area (Å²) in [6.45, 7) is 2.10. The fourth-order valence-electron chi connectivity index (χ4n) is 2.35. The summed E-state index contributed by atoms with van der Waals surface area (Å²) >= 11 is 1.67. The molecule has 1 aromatic rings. The summed E-state index contributed by atoms with van der Waals surface area (Å²) in [5, 5.41) is 5.63. The Labute approximate surface area is 101 Å². The molecule has 1 aliphatic rings. The molecule has 0 saturated heterocycles. The van der Waals surface area contributed by atoms with E-state index in [1.165, 1.54) is 31.4 Å². The van der Waals surface area contributed by atoms with Crippen molar-refractivity contribution in [3.05, 3.63) is 16.6 Å². The largest absolute Gasteiger partial charge is 0.327 e. The van der Waals surface area contributed by atoms with E-state index in [0.29, 0.717) is 12.0 Å². The van der Waals surface area contributed by atoms with Gasteiger partial charge in [0.05, 0.1) is 11.2 Å². The average Bonchev–Trinajstić information content (AvgIpc) is 2.79. The molecule has 2 rings (SSSR count). The van der Waals surface area contributed by atoms with Gasteiger partial charge in [0.1, 0.15) is 0 Å². The number of hydrogen-bond acceptors (Lipinski definition) is 4. The molecule has 1 aliphatic carbocycles. The van der Waals surface area contributed by atoms with Crippen molar-refractivity contribution in [2.24, 2.45) is 11.7 Å². The van der Waals surface area contributed by atoms with Gasteiger partial charge in [-0.1, -0.05) is 12.8 Å². The van der Waals surface area contributed by atoms with Gasteiger partial charge in [-0.25, -0.2) is 4.98 Å². The minimum atomic E-state index is 0.417. The van der Waals surface area contributed by atoms with Crippen LogP contribution >= 0.6 is 11.3 Å². The molecule has 3 nitrogen and oxygen atoms in total. The third-order valence-electron chi connectivity index (χ3n) is 3.42. The zero-order valence-electron chi connectivity index (χ0n) is 9.69. The number of nitrogens with zero attached hydrogens (tertiary/aromatic N) is 1. The summed E-state index contributed by atoms with van der Waals surface area (Å²) in [5.41, 5.74) is 9.20. The fraction of sp³-hybridized carbons (Fsp3) is 0.750. The Hall–Kier alpha value is -0.450. The van der Waals surface area contributed by atoms with Crippen LogP contribution in [0.3, 0.4) is 0 Å². The maximum atomic E-state index is 6.11. The quantitative estimate of drug-likeness (QED) is 0.770. The lowest BCUT2D eigenvalue weighted by atomic mass is 9.85. The molecule has 90 valence electrons. The lowest BCUT2D eigenvalue weighted by Crippen LogP contribution is -2.39. The first-order chi connectivity index (χ1) is 7.86. The van der Waals surface area contributed by atoms with Crippen LogP contribution in [0.4, 0.5) is 0 Å². The number of nitrogens with two attached hydrogens (primary N) is 1. The van der Waals surface area contributed by atoms with E-state index in [2.05, 4.69) is 15.7 Å². The highest BCUT2D eigenvalue weighted by atomic mass is 32.1. The molecule has 0 aromatic carbocycles. The van der Waals surface area contributed by atoms with Crippen LogP contribution in [0.2, 0.25) is 0 Å². The van der Waals surface area contributed by atoms with Crippen molar-refractivity contribution in [2.75, 3.05) is 13.1 Å².